The average Bonchev–Trinajstić information content (AvgIpc) is 2.41. The van der Waals surface area contributed by atoms with E-state index in [9.17, 15) is 10.1 Å². The van der Waals surface area contributed by atoms with Crippen molar-refractivity contribution in [2.75, 3.05) is 32.7 Å². The van der Waals surface area contributed by atoms with Crippen LogP contribution in [0.3, 0.4) is 0 Å². The van der Waals surface area contributed by atoms with Crippen LogP contribution >= 0.6 is 15.9 Å². The third-order valence-corrected chi connectivity index (χ3v) is 4.29. The number of hydrogen-bond donors (Lipinski definition) is 0. The summed E-state index contributed by atoms with van der Waals surface area (Å²) < 4.78 is 0.819. The highest BCUT2D eigenvalue weighted by atomic mass is 79.9. The van der Waals surface area contributed by atoms with Gasteiger partial charge in [0.2, 0.25) is 0 Å². The molecule has 0 bridgehead atoms. The van der Waals surface area contributed by atoms with E-state index >= 15 is 0 Å². The van der Waals surface area contributed by atoms with Crippen LogP contribution in [0.15, 0.2) is 22.7 Å². The summed E-state index contributed by atoms with van der Waals surface area (Å²) in [6, 6.07) is 4.99. The molecule has 0 radical (unpaired) electrons. The molecular formula is C13H18BrN3O2. The molecule has 19 heavy (non-hydrogen) atoms. The van der Waals surface area contributed by atoms with Gasteiger partial charge in [0.05, 0.1) is 4.92 Å². The maximum Gasteiger partial charge on any atom is 0.270 e. The first-order valence-corrected chi connectivity index (χ1v) is 7.27. The molecule has 1 heterocycles. The largest absolute Gasteiger partial charge is 0.301 e. The zero-order valence-electron chi connectivity index (χ0n) is 11.0. The van der Waals surface area contributed by atoms with Crippen molar-refractivity contribution in [3.05, 3.63) is 38.3 Å². The zero-order valence-corrected chi connectivity index (χ0v) is 12.6. The Morgan fingerprint density at radius 1 is 1.26 bits per heavy atom. The van der Waals surface area contributed by atoms with E-state index in [-0.39, 0.29) is 10.6 Å². The molecule has 0 aliphatic carbocycles. The summed E-state index contributed by atoms with van der Waals surface area (Å²) in [5, 5.41) is 10.7. The van der Waals surface area contributed by atoms with Gasteiger partial charge in [0, 0.05) is 49.3 Å². The topological polar surface area (TPSA) is 49.6 Å². The van der Waals surface area contributed by atoms with Crippen LogP contribution in [-0.4, -0.2) is 47.4 Å². The minimum atomic E-state index is -0.367. The summed E-state index contributed by atoms with van der Waals surface area (Å²) in [6.45, 7) is 8.44. The predicted molar refractivity (Wildman–Crippen MR) is 78.2 cm³/mol. The van der Waals surface area contributed by atoms with Gasteiger partial charge in [-0.1, -0.05) is 22.9 Å². The first kappa shape index (κ1) is 14.4. The standard InChI is InChI=1S/C13H18BrN3O2/c1-2-15-5-7-16(8-6-15)10-11-3-4-12(17(18)19)9-13(11)14/h3-4,9H,2,5-8,10H2,1H3. The fourth-order valence-electron chi connectivity index (χ4n) is 2.28. The van der Waals surface area contributed by atoms with Crippen LogP contribution in [0, 0.1) is 10.1 Å². The number of rotatable bonds is 4. The Labute approximate surface area is 121 Å². The Bertz CT molecular complexity index is 459. The highest BCUT2D eigenvalue weighted by Gasteiger charge is 2.17. The number of nitro benzene ring substituents is 1. The molecule has 0 atom stereocenters. The lowest BCUT2D eigenvalue weighted by molar-refractivity contribution is -0.384. The fraction of sp³-hybridized carbons (Fsp3) is 0.538. The maximum atomic E-state index is 10.7. The van der Waals surface area contributed by atoms with E-state index in [1.807, 2.05) is 6.07 Å². The van der Waals surface area contributed by atoms with Crippen molar-refractivity contribution in [3.63, 3.8) is 0 Å². The molecule has 0 saturated carbocycles. The van der Waals surface area contributed by atoms with Crippen molar-refractivity contribution >= 4 is 21.6 Å². The highest BCUT2D eigenvalue weighted by molar-refractivity contribution is 9.10. The quantitative estimate of drug-likeness (QED) is 0.629. The van der Waals surface area contributed by atoms with E-state index in [0.717, 1.165) is 49.3 Å². The summed E-state index contributed by atoms with van der Waals surface area (Å²) in [7, 11) is 0. The number of nitrogens with zero attached hydrogens (tertiary/aromatic N) is 3. The molecule has 1 fully saturated rings. The molecule has 0 N–H and O–H groups in total. The van der Waals surface area contributed by atoms with Gasteiger partial charge >= 0.3 is 0 Å². The molecule has 6 heteroatoms. The summed E-state index contributed by atoms with van der Waals surface area (Å²) >= 11 is 3.43. The minimum absolute atomic E-state index is 0.131. The lowest BCUT2D eigenvalue weighted by atomic mass is 10.2. The number of piperazine rings is 1. The van der Waals surface area contributed by atoms with Gasteiger partial charge in [-0.05, 0) is 18.2 Å². The van der Waals surface area contributed by atoms with Gasteiger partial charge in [0.15, 0.2) is 0 Å². The molecule has 2 rings (SSSR count). The Hall–Kier alpha value is -0.980. The molecule has 1 aromatic carbocycles. The van der Waals surface area contributed by atoms with E-state index < -0.39 is 0 Å². The van der Waals surface area contributed by atoms with E-state index in [0.29, 0.717) is 0 Å². The summed E-state index contributed by atoms with van der Waals surface area (Å²) in [6.07, 6.45) is 0. The lowest BCUT2D eigenvalue weighted by Crippen LogP contribution is -2.45. The third kappa shape index (κ3) is 3.75. The summed E-state index contributed by atoms with van der Waals surface area (Å²) in [4.78, 5) is 15.1. The molecule has 104 valence electrons. The Balaban J connectivity index is 1.98. The normalized spacial score (nSPS) is 17.6. The lowest BCUT2D eigenvalue weighted by Gasteiger charge is -2.34. The second-order valence-electron chi connectivity index (χ2n) is 4.74. The molecule has 0 amide bonds. The minimum Gasteiger partial charge on any atom is -0.301 e. The van der Waals surface area contributed by atoms with Gasteiger partial charge in [0.1, 0.15) is 0 Å². The molecule has 1 aliphatic rings. The average molecular weight is 328 g/mol. The SMILES string of the molecule is CCN1CCN(Cc2ccc([N+](=O)[O-])cc2Br)CC1. The molecule has 0 aromatic heterocycles. The first-order chi connectivity index (χ1) is 9.10. The van der Waals surface area contributed by atoms with Crippen LogP contribution in [-0.2, 0) is 6.54 Å². The maximum absolute atomic E-state index is 10.7. The summed E-state index contributed by atoms with van der Waals surface area (Å²) in [5.41, 5.74) is 1.24. The second-order valence-corrected chi connectivity index (χ2v) is 5.60. The third-order valence-electron chi connectivity index (χ3n) is 3.55. The highest BCUT2D eigenvalue weighted by Crippen LogP contribution is 2.24. The molecule has 0 spiro atoms. The monoisotopic (exact) mass is 327 g/mol. The van der Waals surface area contributed by atoms with Crippen LogP contribution in [0.5, 0.6) is 0 Å². The van der Waals surface area contributed by atoms with Gasteiger partial charge in [-0.2, -0.15) is 0 Å². The van der Waals surface area contributed by atoms with E-state index in [4.69, 9.17) is 0 Å². The van der Waals surface area contributed by atoms with Crippen LogP contribution in [0.4, 0.5) is 5.69 Å². The van der Waals surface area contributed by atoms with Gasteiger partial charge in [-0.3, -0.25) is 15.0 Å². The van der Waals surface area contributed by atoms with Crippen LogP contribution < -0.4 is 0 Å². The predicted octanol–water partition coefficient (Wildman–Crippen LogP) is 2.49. The Kier molecular flexibility index (Phi) is 4.90. The van der Waals surface area contributed by atoms with Gasteiger partial charge < -0.3 is 4.90 Å². The van der Waals surface area contributed by atoms with Crippen LogP contribution in [0.2, 0.25) is 0 Å². The van der Waals surface area contributed by atoms with Crippen LogP contribution in [0.25, 0.3) is 0 Å². The van der Waals surface area contributed by atoms with Crippen LogP contribution in [0.1, 0.15) is 12.5 Å². The van der Waals surface area contributed by atoms with Gasteiger partial charge in [-0.25, -0.2) is 0 Å². The van der Waals surface area contributed by atoms with Gasteiger partial charge in [0.25, 0.3) is 5.69 Å². The van der Waals surface area contributed by atoms with Crippen molar-refractivity contribution in [2.45, 2.75) is 13.5 Å². The van der Waals surface area contributed by atoms with Crippen molar-refractivity contribution in [2.24, 2.45) is 0 Å². The molecule has 1 aliphatic heterocycles. The van der Waals surface area contributed by atoms with E-state index in [2.05, 4.69) is 32.7 Å². The van der Waals surface area contributed by atoms with Gasteiger partial charge in [-0.15, -0.1) is 0 Å². The van der Waals surface area contributed by atoms with E-state index in [1.165, 1.54) is 0 Å². The van der Waals surface area contributed by atoms with Crippen molar-refractivity contribution in [1.29, 1.82) is 0 Å². The van der Waals surface area contributed by atoms with Crippen molar-refractivity contribution in [1.82, 2.24) is 9.80 Å². The smallest absolute Gasteiger partial charge is 0.270 e. The number of halogens is 1. The Morgan fingerprint density at radius 3 is 2.42 bits per heavy atom. The molecule has 1 aromatic rings. The number of nitro groups is 1. The molecule has 5 nitrogen and oxygen atoms in total. The zero-order chi connectivity index (χ0) is 13.8. The number of benzene rings is 1. The summed E-state index contributed by atoms with van der Waals surface area (Å²) in [5.74, 6) is 0. The molecule has 1 saturated heterocycles. The number of hydrogen-bond acceptors (Lipinski definition) is 4. The molecule has 0 unspecified atom stereocenters. The second kappa shape index (κ2) is 6.45. The van der Waals surface area contributed by atoms with E-state index in [1.54, 1.807) is 12.1 Å². The Morgan fingerprint density at radius 2 is 1.89 bits per heavy atom. The first-order valence-electron chi connectivity index (χ1n) is 6.47. The molecular weight excluding hydrogens is 310 g/mol. The number of non-ortho nitro benzene ring substituents is 1. The number of likely N-dealkylation sites (N-methyl/N-ethyl adjacent to an activating group) is 1. The van der Waals surface area contributed by atoms with Crippen molar-refractivity contribution < 1.29 is 4.92 Å². The fourth-order valence-corrected chi connectivity index (χ4v) is 2.77. The van der Waals surface area contributed by atoms with Crippen molar-refractivity contribution in [3.8, 4) is 0 Å².